The predicted octanol–water partition coefficient (Wildman–Crippen LogP) is 4.76. The molecule has 0 saturated heterocycles. The Hall–Kier alpha value is -2.04. The van der Waals surface area contributed by atoms with Gasteiger partial charge in [0.05, 0.1) is 18.3 Å². The van der Waals surface area contributed by atoms with Gasteiger partial charge in [0.1, 0.15) is 5.76 Å². The maximum absolute atomic E-state index is 6.15. The van der Waals surface area contributed by atoms with Gasteiger partial charge in [0, 0.05) is 34.4 Å². The maximum atomic E-state index is 6.15. The molecule has 1 aliphatic rings. The fourth-order valence-corrected chi connectivity index (χ4v) is 3.92. The average molecular weight is 356 g/mol. The van der Waals surface area contributed by atoms with Gasteiger partial charge < -0.3 is 15.1 Å². The third-order valence-electron chi connectivity index (χ3n) is 5.08. The molecule has 1 aromatic carbocycles. The molecule has 0 aliphatic heterocycles. The average Bonchev–Trinajstić information content (AvgIpc) is 3.13. The molecule has 0 amide bonds. The smallest absolute Gasteiger partial charge is 0.123 e. The molecule has 4 rings (SSSR count). The number of hydrogen-bond donors (Lipinski definition) is 1. The number of nitrogens with two attached hydrogens (primary N) is 1. The largest absolute Gasteiger partial charge is 0.467 e. The van der Waals surface area contributed by atoms with E-state index in [9.17, 15) is 0 Å². The predicted molar refractivity (Wildman–Crippen MR) is 102 cm³/mol. The van der Waals surface area contributed by atoms with Crippen LogP contribution in [0.4, 0.5) is 5.69 Å². The van der Waals surface area contributed by atoms with E-state index in [4.69, 9.17) is 21.8 Å². The molecule has 0 radical (unpaired) electrons. The highest BCUT2D eigenvalue weighted by Gasteiger charge is 2.26. The van der Waals surface area contributed by atoms with E-state index in [-0.39, 0.29) is 0 Å². The van der Waals surface area contributed by atoms with Crippen molar-refractivity contribution in [1.82, 2.24) is 4.98 Å². The lowest BCUT2D eigenvalue weighted by molar-refractivity contribution is 0.366. The molecule has 2 heterocycles. The van der Waals surface area contributed by atoms with Crippen molar-refractivity contribution in [2.24, 2.45) is 5.73 Å². The van der Waals surface area contributed by atoms with Crippen LogP contribution in [-0.2, 0) is 6.54 Å². The number of fused-ring (bicyclic) bond motifs is 1. The molecular formula is C20H22ClN3O. The quantitative estimate of drug-likeness (QED) is 0.733. The van der Waals surface area contributed by atoms with Crippen LogP contribution in [0.3, 0.4) is 0 Å². The van der Waals surface area contributed by atoms with Crippen LogP contribution >= 0.6 is 11.6 Å². The highest BCUT2D eigenvalue weighted by molar-refractivity contribution is 6.31. The molecular weight excluding hydrogens is 334 g/mol. The molecule has 1 aliphatic carbocycles. The normalized spacial score (nSPS) is 20.7. The van der Waals surface area contributed by atoms with Gasteiger partial charge in [-0.3, -0.25) is 4.98 Å². The Kier molecular flexibility index (Phi) is 4.64. The van der Waals surface area contributed by atoms with Gasteiger partial charge in [0.2, 0.25) is 0 Å². The van der Waals surface area contributed by atoms with Crippen LogP contribution in [0.1, 0.15) is 31.4 Å². The van der Waals surface area contributed by atoms with Crippen molar-refractivity contribution in [3.8, 4) is 0 Å². The Morgan fingerprint density at radius 3 is 2.76 bits per heavy atom. The van der Waals surface area contributed by atoms with E-state index in [1.165, 1.54) is 5.69 Å². The number of halogens is 1. The summed E-state index contributed by atoms with van der Waals surface area (Å²) in [4.78, 5) is 6.93. The molecule has 5 heteroatoms. The third kappa shape index (κ3) is 3.51. The van der Waals surface area contributed by atoms with Crippen LogP contribution in [0.5, 0.6) is 0 Å². The number of nitrogens with zero attached hydrogens (tertiary/aromatic N) is 2. The summed E-state index contributed by atoms with van der Waals surface area (Å²) in [5.41, 5.74) is 8.21. The van der Waals surface area contributed by atoms with E-state index in [0.29, 0.717) is 17.1 Å². The molecule has 4 nitrogen and oxygen atoms in total. The van der Waals surface area contributed by atoms with Crippen molar-refractivity contribution >= 4 is 28.2 Å². The van der Waals surface area contributed by atoms with Crippen LogP contribution in [0.25, 0.3) is 10.9 Å². The minimum atomic E-state index is 0.328. The first-order chi connectivity index (χ1) is 12.2. The van der Waals surface area contributed by atoms with Crippen molar-refractivity contribution in [2.75, 3.05) is 4.90 Å². The highest BCUT2D eigenvalue weighted by Crippen LogP contribution is 2.34. The zero-order valence-electron chi connectivity index (χ0n) is 14.1. The Balaban J connectivity index is 1.74. The molecule has 1 fully saturated rings. The highest BCUT2D eigenvalue weighted by atomic mass is 35.5. The van der Waals surface area contributed by atoms with Crippen LogP contribution in [0.15, 0.2) is 53.3 Å². The number of benzene rings is 1. The van der Waals surface area contributed by atoms with Gasteiger partial charge >= 0.3 is 0 Å². The lowest BCUT2D eigenvalue weighted by Gasteiger charge is -2.37. The Morgan fingerprint density at radius 1 is 1.16 bits per heavy atom. The first-order valence-electron chi connectivity index (χ1n) is 8.79. The Labute approximate surface area is 152 Å². The molecule has 0 atom stereocenters. The van der Waals surface area contributed by atoms with Gasteiger partial charge in [-0.15, -0.1) is 0 Å². The van der Waals surface area contributed by atoms with Crippen LogP contribution in [0, 0.1) is 0 Å². The maximum Gasteiger partial charge on any atom is 0.123 e. The Bertz CT molecular complexity index is 841. The second-order valence-electron chi connectivity index (χ2n) is 6.77. The molecule has 1 saturated carbocycles. The van der Waals surface area contributed by atoms with E-state index in [1.807, 2.05) is 30.5 Å². The fourth-order valence-electron chi connectivity index (χ4n) is 3.75. The first kappa shape index (κ1) is 16.4. The number of rotatable bonds is 4. The van der Waals surface area contributed by atoms with Gasteiger partial charge in [-0.1, -0.05) is 11.6 Å². The van der Waals surface area contributed by atoms with Crippen LogP contribution in [-0.4, -0.2) is 17.1 Å². The lowest BCUT2D eigenvalue weighted by Crippen LogP contribution is -2.40. The number of hydrogen-bond acceptors (Lipinski definition) is 4. The summed E-state index contributed by atoms with van der Waals surface area (Å²) in [5, 5.41) is 1.83. The summed E-state index contributed by atoms with van der Waals surface area (Å²) < 4.78 is 5.63. The van der Waals surface area contributed by atoms with Crippen molar-refractivity contribution in [2.45, 2.75) is 44.3 Å². The summed E-state index contributed by atoms with van der Waals surface area (Å²) in [5.74, 6) is 0.966. The zero-order valence-corrected chi connectivity index (χ0v) is 14.8. The van der Waals surface area contributed by atoms with Gasteiger partial charge in [0.15, 0.2) is 0 Å². The van der Waals surface area contributed by atoms with Crippen molar-refractivity contribution in [1.29, 1.82) is 0 Å². The summed E-state index contributed by atoms with van der Waals surface area (Å²) in [6.07, 6.45) is 7.91. The number of pyridine rings is 1. The van der Waals surface area contributed by atoms with Crippen LogP contribution < -0.4 is 10.6 Å². The van der Waals surface area contributed by atoms with Gasteiger partial charge in [-0.2, -0.15) is 0 Å². The third-order valence-corrected chi connectivity index (χ3v) is 5.31. The molecule has 2 aromatic heterocycles. The molecule has 3 aromatic rings. The van der Waals surface area contributed by atoms with Crippen LogP contribution in [0.2, 0.25) is 5.02 Å². The molecule has 0 unspecified atom stereocenters. The molecule has 25 heavy (non-hydrogen) atoms. The molecule has 130 valence electrons. The second kappa shape index (κ2) is 7.06. The molecule has 0 bridgehead atoms. The molecule has 2 N–H and O–H groups in total. The summed E-state index contributed by atoms with van der Waals surface area (Å²) in [6.45, 7) is 0.745. The van der Waals surface area contributed by atoms with E-state index >= 15 is 0 Å². The lowest BCUT2D eigenvalue weighted by atomic mass is 9.90. The number of anilines is 1. The minimum absolute atomic E-state index is 0.328. The minimum Gasteiger partial charge on any atom is -0.467 e. The second-order valence-corrected chi connectivity index (χ2v) is 7.20. The fraction of sp³-hybridized carbons (Fsp3) is 0.350. The standard InChI is InChI=1S/C20H22ClN3O/c21-14-3-8-18-19(12-14)23-10-9-20(18)24(13-17-2-1-11-25-17)16-6-4-15(22)5-7-16/h1-3,8-12,15-16H,4-7,13,22H2. The van der Waals surface area contributed by atoms with Gasteiger partial charge in [-0.05, 0) is 62.1 Å². The summed E-state index contributed by atoms with van der Waals surface area (Å²) >= 11 is 6.15. The SMILES string of the molecule is NC1CCC(N(Cc2ccco2)c2ccnc3cc(Cl)ccc23)CC1. The van der Waals surface area contributed by atoms with Gasteiger partial charge in [-0.25, -0.2) is 0 Å². The summed E-state index contributed by atoms with van der Waals surface area (Å²) in [6, 6.07) is 12.7. The van der Waals surface area contributed by atoms with Gasteiger partial charge in [0.25, 0.3) is 0 Å². The van der Waals surface area contributed by atoms with E-state index < -0.39 is 0 Å². The van der Waals surface area contributed by atoms with E-state index in [1.54, 1.807) is 6.26 Å². The van der Waals surface area contributed by atoms with Crippen molar-refractivity contribution < 1.29 is 4.42 Å². The van der Waals surface area contributed by atoms with Crippen molar-refractivity contribution in [3.05, 3.63) is 59.6 Å². The monoisotopic (exact) mass is 355 g/mol. The molecule has 0 spiro atoms. The van der Waals surface area contributed by atoms with E-state index in [2.05, 4.69) is 22.0 Å². The number of furan rings is 1. The first-order valence-corrected chi connectivity index (χ1v) is 9.17. The van der Waals surface area contributed by atoms with Crippen molar-refractivity contribution in [3.63, 3.8) is 0 Å². The topological polar surface area (TPSA) is 55.3 Å². The zero-order chi connectivity index (χ0) is 17.2. The van der Waals surface area contributed by atoms with E-state index in [0.717, 1.165) is 48.9 Å². The Morgan fingerprint density at radius 2 is 2.00 bits per heavy atom. The summed E-state index contributed by atoms with van der Waals surface area (Å²) in [7, 11) is 0. The number of aromatic nitrogens is 1.